The minimum atomic E-state index is -0.695. The number of para-hydroxylation sites is 1. The molecule has 8 heteroatoms. The molecule has 2 aliphatic heterocycles. The third-order valence-electron chi connectivity index (χ3n) is 5.42. The molecule has 0 radical (unpaired) electrons. The Bertz CT molecular complexity index is 1460. The molecule has 1 aromatic heterocycles. The largest absolute Gasteiger partial charge is 0.466 e. The average Bonchev–Trinajstić information content (AvgIpc) is 3.28. The zero-order chi connectivity index (χ0) is 21.7. The molecule has 7 nitrogen and oxygen atoms in total. The number of nitrogens with zero attached hydrogens (tertiary/aromatic N) is 2. The first-order chi connectivity index (χ1) is 15.0. The number of esters is 1. The molecule has 0 aliphatic carbocycles. The van der Waals surface area contributed by atoms with Crippen molar-refractivity contribution in [2.45, 2.75) is 13.0 Å². The minimum Gasteiger partial charge on any atom is -0.466 e. The van der Waals surface area contributed by atoms with Crippen LogP contribution >= 0.6 is 11.3 Å². The van der Waals surface area contributed by atoms with Crippen LogP contribution in [0.3, 0.4) is 0 Å². The Morgan fingerprint density at radius 1 is 1.10 bits per heavy atom. The summed E-state index contributed by atoms with van der Waals surface area (Å²) >= 11 is 1.15. The molecular formula is C23H17N3O4S. The lowest BCUT2D eigenvalue weighted by atomic mass is 9.96. The van der Waals surface area contributed by atoms with Crippen molar-refractivity contribution in [3.63, 3.8) is 0 Å². The molecule has 0 bridgehead atoms. The molecule has 0 spiro atoms. The van der Waals surface area contributed by atoms with Crippen LogP contribution in [-0.4, -0.2) is 23.6 Å². The maximum Gasteiger partial charge on any atom is 0.338 e. The zero-order valence-corrected chi connectivity index (χ0v) is 17.5. The molecule has 1 N–H and O–H groups in total. The van der Waals surface area contributed by atoms with Gasteiger partial charge in [0.15, 0.2) is 4.80 Å². The van der Waals surface area contributed by atoms with Crippen molar-refractivity contribution in [1.82, 2.24) is 4.57 Å². The highest BCUT2D eigenvalue weighted by molar-refractivity contribution is 7.07. The second-order valence-electron chi connectivity index (χ2n) is 7.18. The molecule has 3 aromatic rings. The number of nitrogens with one attached hydrogen (secondary N) is 1. The highest BCUT2D eigenvalue weighted by Crippen LogP contribution is 2.32. The van der Waals surface area contributed by atoms with Gasteiger partial charge in [0.05, 0.1) is 30.0 Å². The van der Waals surface area contributed by atoms with Gasteiger partial charge in [0.1, 0.15) is 4.53 Å². The van der Waals surface area contributed by atoms with Crippen molar-refractivity contribution < 1.29 is 14.3 Å². The number of carbonyl (C=O) groups is 2. The van der Waals surface area contributed by atoms with E-state index in [0.29, 0.717) is 37.4 Å². The van der Waals surface area contributed by atoms with Crippen LogP contribution < -0.4 is 20.2 Å². The number of hydrogen-bond donors (Lipinski definition) is 1. The molecule has 0 saturated carbocycles. The van der Waals surface area contributed by atoms with Gasteiger partial charge < -0.3 is 10.1 Å². The molecule has 2 aliphatic rings. The molecule has 0 saturated heterocycles. The Hall–Kier alpha value is -3.78. The number of fused-ring (bicyclic) bond motifs is 2. The minimum absolute atomic E-state index is 0.293. The summed E-state index contributed by atoms with van der Waals surface area (Å²) in [5, 5.41) is 2.81. The molecule has 1 amide bonds. The molecule has 5 rings (SSSR count). The summed E-state index contributed by atoms with van der Waals surface area (Å²) in [7, 11) is 1.30. The molecule has 0 fully saturated rings. The van der Waals surface area contributed by atoms with Gasteiger partial charge >= 0.3 is 5.97 Å². The number of allylic oxidation sites excluding steroid dienone is 1. The monoisotopic (exact) mass is 431 g/mol. The first-order valence-corrected chi connectivity index (χ1v) is 10.4. The van der Waals surface area contributed by atoms with Crippen molar-refractivity contribution in [2.24, 2.45) is 4.99 Å². The molecule has 3 heterocycles. The average molecular weight is 431 g/mol. The number of methoxy groups -OCH3 is 1. The molecule has 0 unspecified atom stereocenters. The third kappa shape index (κ3) is 2.87. The van der Waals surface area contributed by atoms with E-state index < -0.39 is 12.0 Å². The predicted molar refractivity (Wildman–Crippen MR) is 116 cm³/mol. The van der Waals surface area contributed by atoms with Gasteiger partial charge in [-0.1, -0.05) is 59.9 Å². The fourth-order valence-corrected chi connectivity index (χ4v) is 5.18. The normalized spacial score (nSPS) is 18.8. The summed E-state index contributed by atoms with van der Waals surface area (Å²) in [5.41, 5.74) is 2.84. The van der Waals surface area contributed by atoms with E-state index in [9.17, 15) is 14.4 Å². The van der Waals surface area contributed by atoms with E-state index in [4.69, 9.17) is 4.74 Å². The number of rotatable bonds is 2. The summed E-state index contributed by atoms with van der Waals surface area (Å²) in [4.78, 5) is 44.0. The van der Waals surface area contributed by atoms with Crippen LogP contribution in [-0.2, 0) is 14.3 Å². The van der Waals surface area contributed by atoms with Crippen LogP contribution in [0.5, 0.6) is 0 Å². The fourth-order valence-electron chi connectivity index (χ4n) is 4.04. The smallest absolute Gasteiger partial charge is 0.338 e. The van der Waals surface area contributed by atoms with Crippen LogP contribution in [0.1, 0.15) is 24.1 Å². The number of amides is 1. The number of hydrogen-bond acceptors (Lipinski definition) is 6. The molecule has 2 aromatic carbocycles. The number of carbonyl (C=O) groups excluding carboxylic acids is 2. The molecule has 1 atom stereocenters. The number of benzene rings is 2. The molecule has 31 heavy (non-hydrogen) atoms. The number of ether oxygens (including phenoxy) is 1. The zero-order valence-electron chi connectivity index (χ0n) is 16.7. The highest BCUT2D eigenvalue weighted by Gasteiger charge is 2.34. The summed E-state index contributed by atoms with van der Waals surface area (Å²) < 4.78 is 6.77. The van der Waals surface area contributed by atoms with Crippen molar-refractivity contribution in [1.29, 1.82) is 0 Å². The maximum atomic E-state index is 13.6. The van der Waals surface area contributed by atoms with Gasteiger partial charge in [-0.05, 0) is 18.6 Å². The second kappa shape index (κ2) is 7.17. The van der Waals surface area contributed by atoms with E-state index in [-0.39, 0.29) is 11.5 Å². The van der Waals surface area contributed by atoms with E-state index in [0.717, 1.165) is 16.9 Å². The summed E-state index contributed by atoms with van der Waals surface area (Å²) in [5.74, 6) is -0.872. The van der Waals surface area contributed by atoms with Gasteiger partial charge in [-0.3, -0.25) is 14.2 Å². The lowest BCUT2D eigenvalue weighted by Gasteiger charge is -2.24. The van der Waals surface area contributed by atoms with Crippen LogP contribution in [0.25, 0.3) is 5.57 Å². The van der Waals surface area contributed by atoms with Crippen molar-refractivity contribution in [2.75, 3.05) is 12.4 Å². The summed E-state index contributed by atoms with van der Waals surface area (Å²) in [6.07, 6.45) is 0. The van der Waals surface area contributed by atoms with Gasteiger partial charge in [0.25, 0.3) is 11.5 Å². The van der Waals surface area contributed by atoms with Gasteiger partial charge in [-0.2, -0.15) is 0 Å². The van der Waals surface area contributed by atoms with E-state index in [2.05, 4.69) is 10.3 Å². The Kier molecular flexibility index (Phi) is 4.44. The number of anilines is 1. The Morgan fingerprint density at radius 3 is 2.55 bits per heavy atom. The molecule has 154 valence electrons. The van der Waals surface area contributed by atoms with E-state index >= 15 is 0 Å². The van der Waals surface area contributed by atoms with E-state index in [1.807, 2.05) is 42.5 Å². The topological polar surface area (TPSA) is 89.8 Å². The van der Waals surface area contributed by atoms with Gasteiger partial charge in [0.2, 0.25) is 0 Å². The van der Waals surface area contributed by atoms with Crippen molar-refractivity contribution in [3.05, 3.63) is 96.7 Å². The predicted octanol–water partition coefficient (Wildman–Crippen LogP) is 1.73. The summed E-state index contributed by atoms with van der Waals surface area (Å²) in [6, 6.07) is 15.8. The van der Waals surface area contributed by atoms with Crippen LogP contribution in [0, 0.1) is 0 Å². The maximum absolute atomic E-state index is 13.6. The quantitative estimate of drug-likeness (QED) is 0.626. The highest BCUT2D eigenvalue weighted by atomic mass is 32.1. The lowest BCUT2D eigenvalue weighted by molar-refractivity contribution is -0.136. The fraction of sp³-hybridized carbons (Fsp3) is 0.130. The lowest BCUT2D eigenvalue weighted by Crippen LogP contribution is -2.40. The Balaban J connectivity index is 1.85. The summed E-state index contributed by atoms with van der Waals surface area (Å²) in [6.45, 7) is 1.72. The van der Waals surface area contributed by atoms with Crippen LogP contribution in [0.4, 0.5) is 5.69 Å². The first-order valence-electron chi connectivity index (χ1n) is 9.60. The number of thiazole rings is 1. The number of aromatic nitrogens is 1. The second-order valence-corrected chi connectivity index (χ2v) is 8.16. The Labute approximate surface area is 180 Å². The third-order valence-corrected chi connectivity index (χ3v) is 6.47. The van der Waals surface area contributed by atoms with E-state index in [1.165, 1.54) is 11.7 Å². The standard InChI is InChI=1S/C23H17N3O4S/c1-12-16(22(29)30-2)18(13-8-4-3-5-9-13)26-21(28)19(31-23(26)24-12)17-14-10-6-7-11-15(14)25-20(17)27/h3-11,18H,1-2H3,(H,25,27)/b19-17+/t18-/m0/s1. The van der Waals surface area contributed by atoms with Gasteiger partial charge in [-0.15, -0.1) is 0 Å². The van der Waals surface area contributed by atoms with Gasteiger partial charge in [-0.25, -0.2) is 9.79 Å². The van der Waals surface area contributed by atoms with Crippen molar-refractivity contribution in [3.8, 4) is 0 Å². The first kappa shape index (κ1) is 19.2. The SMILES string of the molecule is COC(=O)C1=C(C)N=c2s/c(=C3/C(=O)Nc4ccccc43)c(=O)n2[C@H]1c1ccccc1. The van der Waals surface area contributed by atoms with Crippen LogP contribution in [0.2, 0.25) is 0 Å². The van der Waals surface area contributed by atoms with Crippen LogP contribution in [0.15, 0.2) is 75.7 Å². The van der Waals surface area contributed by atoms with Crippen molar-refractivity contribution >= 4 is 34.5 Å². The van der Waals surface area contributed by atoms with Gasteiger partial charge in [0, 0.05) is 11.3 Å². The molecular weight excluding hydrogens is 414 g/mol. The Morgan fingerprint density at radius 2 is 1.81 bits per heavy atom. The van der Waals surface area contributed by atoms with E-state index in [1.54, 1.807) is 19.1 Å².